The van der Waals surface area contributed by atoms with Crippen molar-refractivity contribution in [2.24, 2.45) is 0 Å². The molecule has 0 aromatic carbocycles. The summed E-state index contributed by atoms with van der Waals surface area (Å²) in [6.45, 7) is 6.75. The van der Waals surface area contributed by atoms with Crippen molar-refractivity contribution >= 4 is 17.9 Å². The number of imide groups is 1. The topological polar surface area (TPSA) is 75.7 Å². The number of rotatable bonds is 1. The number of hydrogen-bond donors (Lipinski definition) is 1. The molecule has 3 amide bonds. The summed E-state index contributed by atoms with van der Waals surface area (Å²) >= 11 is 0. The standard InChI is InChI=1S/C11H18N2O4/c1-7(14)12-8-5-9(15)13(6-8)10(16)17-11(2,3)4/h8H,5-6H2,1-4H3,(H,12,14). The molecule has 1 N–H and O–H groups in total. The van der Waals surface area contributed by atoms with Gasteiger partial charge in [-0.2, -0.15) is 0 Å². The lowest BCUT2D eigenvalue weighted by Gasteiger charge is -2.23. The van der Waals surface area contributed by atoms with Crippen molar-refractivity contribution in [3.05, 3.63) is 0 Å². The molecule has 1 aliphatic heterocycles. The van der Waals surface area contributed by atoms with Gasteiger partial charge < -0.3 is 10.1 Å². The van der Waals surface area contributed by atoms with Crippen LogP contribution < -0.4 is 5.32 Å². The molecule has 1 heterocycles. The zero-order chi connectivity index (χ0) is 13.2. The Kier molecular flexibility index (Phi) is 3.75. The van der Waals surface area contributed by atoms with E-state index in [2.05, 4.69) is 5.32 Å². The molecule has 1 fully saturated rings. The molecule has 0 spiro atoms. The van der Waals surface area contributed by atoms with Crippen molar-refractivity contribution in [1.82, 2.24) is 10.2 Å². The summed E-state index contributed by atoms with van der Waals surface area (Å²) in [6.07, 6.45) is -0.519. The Morgan fingerprint density at radius 3 is 2.47 bits per heavy atom. The van der Waals surface area contributed by atoms with Gasteiger partial charge in [-0.3, -0.25) is 9.59 Å². The molecule has 6 heteroatoms. The zero-order valence-corrected chi connectivity index (χ0v) is 10.6. The summed E-state index contributed by atoms with van der Waals surface area (Å²) in [5.74, 6) is -0.535. The first-order valence-corrected chi connectivity index (χ1v) is 5.49. The van der Waals surface area contributed by atoms with Crippen LogP contribution in [0.4, 0.5) is 4.79 Å². The van der Waals surface area contributed by atoms with Crippen LogP contribution in [0.1, 0.15) is 34.1 Å². The van der Waals surface area contributed by atoms with Gasteiger partial charge in [0.05, 0.1) is 12.6 Å². The molecule has 1 saturated heterocycles. The van der Waals surface area contributed by atoms with Gasteiger partial charge in [-0.15, -0.1) is 0 Å². The van der Waals surface area contributed by atoms with E-state index >= 15 is 0 Å². The van der Waals surface area contributed by atoms with Gasteiger partial charge in [-0.05, 0) is 20.8 Å². The molecule has 96 valence electrons. The van der Waals surface area contributed by atoms with Crippen molar-refractivity contribution in [3.63, 3.8) is 0 Å². The molecule has 0 radical (unpaired) electrons. The predicted molar refractivity (Wildman–Crippen MR) is 60.2 cm³/mol. The van der Waals surface area contributed by atoms with Crippen molar-refractivity contribution in [2.75, 3.05) is 6.54 Å². The van der Waals surface area contributed by atoms with Crippen LogP contribution in [0.2, 0.25) is 0 Å². The van der Waals surface area contributed by atoms with E-state index in [1.807, 2.05) is 0 Å². The van der Waals surface area contributed by atoms with Gasteiger partial charge in [0.15, 0.2) is 0 Å². The van der Waals surface area contributed by atoms with Crippen LogP contribution in [0.5, 0.6) is 0 Å². The first-order chi connectivity index (χ1) is 7.69. The third kappa shape index (κ3) is 4.05. The van der Waals surface area contributed by atoms with E-state index in [9.17, 15) is 14.4 Å². The number of likely N-dealkylation sites (tertiary alicyclic amines) is 1. The van der Waals surface area contributed by atoms with Gasteiger partial charge >= 0.3 is 6.09 Å². The molecule has 0 bridgehead atoms. The summed E-state index contributed by atoms with van der Waals surface area (Å²) in [5, 5.41) is 2.61. The Balaban J connectivity index is 2.59. The minimum Gasteiger partial charge on any atom is -0.443 e. The Labute approximate surface area is 100 Å². The van der Waals surface area contributed by atoms with Gasteiger partial charge in [0.25, 0.3) is 0 Å². The van der Waals surface area contributed by atoms with Gasteiger partial charge in [-0.1, -0.05) is 0 Å². The smallest absolute Gasteiger partial charge is 0.417 e. The first-order valence-electron chi connectivity index (χ1n) is 5.49. The number of ether oxygens (including phenoxy) is 1. The largest absolute Gasteiger partial charge is 0.443 e. The summed E-state index contributed by atoms with van der Waals surface area (Å²) in [6, 6.07) is -0.312. The molecule has 6 nitrogen and oxygen atoms in total. The second kappa shape index (κ2) is 4.73. The number of carbonyl (C=O) groups is 3. The average molecular weight is 242 g/mol. The fourth-order valence-corrected chi connectivity index (χ4v) is 1.59. The number of nitrogens with zero attached hydrogens (tertiary/aromatic N) is 1. The quantitative estimate of drug-likeness (QED) is 0.732. The van der Waals surface area contributed by atoms with Crippen LogP contribution in [-0.4, -0.2) is 41.0 Å². The van der Waals surface area contributed by atoms with Crippen molar-refractivity contribution in [1.29, 1.82) is 0 Å². The molecule has 0 aromatic rings. The van der Waals surface area contributed by atoms with Crippen LogP contribution >= 0.6 is 0 Å². The Morgan fingerprint density at radius 1 is 1.41 bits per heavy atom. The molecule has 0 aromatic heterocycles. The van der Waals surface area contributed by atoms with E-state index in [-0.39, 0.29) is 30.8 Å². The maximum absolute atomic E-state index is 11.7. The molecular weight excluding hydrogens is 224 g/mol. The van der Waals surface area contributed by atoms with Gasteiger partial charge in [0, 0.05) is 13.3 Å². The third-order valence-corrected chi connectivity index (χ3v) is 2.15. The Morgan fingerprint density at radius 2 is 2.00 bits per heavy atom. The van der Waals surface area contributed by atoms with Crippen molar-refractivity contribution in [2.45, 2.75) is 45.8 Å². The maximum atomic E-state index is 11.7. The molecule has 1 rings (SSSR count). The first kappa shape index (κ1) is 13.5. The molecule has 1 atom stereocenters. The van der Waals surface area contributed by atoms with E-state index in [0.29, 0.717) is 0 Å². The van der Waals surface area contributed by atoms with Gasteiger partial charge in [0.1, 0.15) is 5.60 Å². The number of hydrogen-bond acceptors (Lipinski definition) is 4. The minimum atomic E-state index is -0.657. The number of carbonyl (C=O) groups excluding carboxylic acids is 3. The Bertz CT molecular complexity index is 346. The SMILES string of the molecule is CC(=O)NC1CC(=O)N(C(=O)OC(C)(C)C)C1. The van der Waals surface area contributed by atoms with Crippen LogP contribution in [-0.2, 0) is 14.3 Å². The highest BCUT2D eigenvalue weighted by molar-refractivity contribution is 5.94. The molecule has 1 aliphatic rings. The van der Waals surface area contributed by atoms with Crippen LogP contribution in [0.15, 0.2) is 0 Å². The van der Waals surface area contributed by atoms with E-state index < -0.39 is 11.7 Å². The van der Waals surface area contributed by atoms with Crippen LogP contribution in [0.25, 0.3) is 0 Å². The van der Waals surface area contributed by atoms with E-state index in [0.717, 1.165) is 4.90 Å². The molecule has 17 heavy (non-hydrogen) atoms. The van der Waals surface area contributed by atoms with E-state index in [4.69, 9.17) is 4.74 Å². The summed E-state index contributed by atoms with van der Waals surface area (Å²) in [5.41, 5.74) is -0.635. The second-order valence-electron chi connectivity index (χ2n) is 5.09. The third-order valence-electron chi connectivity index (χ3n) is 2.15. The number of nitrogens with one attached hydrogen (secondary N) is 1. The second-order valence-corrected chi connectivity index (χ2v) is 5.09. The average Bonchev–Trinajstić information content (AvgIpc) is 2.42. The summed E-state index contributed by atoms with van der Waals surface area (Å²) in [4.78, 5) is 35.1. The normalized spacial score (nSPS) is 20.4. The van der Waals surface area contributed by atoms with Crippen molar-refractivity contribution in [3.8, 4) is 0 Å². The Hall–Kier alpha value is -1.59. The lowest BCUT2D eigenvalue weighted by Crippen LogP contribution is -2.40. The van der Waals surface area contributed by atoms with E-state index in [1.165, 1.54) is 6.92 Å². The zero-order valence-electron chi connectivity index (χ0n) is 10.6. The highest BCUT2D eigenvalue weighted by Gasteiger charge is 2.36. The molecule has 0 saturated carbocycles. The summed E-state index contributed by atoms with van der Waals surface area (Å²) < 4.78 is 5.10. The van der Waals surface area contributed by atoms with Crippen molar-refractivity contribution < 1.29 is 19.1 Å². The maximum Gasteiger partial charge on any atom is 0.417 e. The van der Waals surface area contributed by atoms with Crippen LogP contribution in [0, 0.1) is 0 Å². The number of amides is 3. The fourth-order valence-electron chi connectivity index (χ4n) is 1.59. The monoisotopic (exact) mass is 242 g/mol. The summed E-state index contributed by atoms with van der Waals surface area (Å²) in [7, 11) is 0. The molecular formula is C11H18N2O4. The fraction of sp³-hybridized carbons (Fsp3) is 0.727. The minimum absolute atomic E-state index is 0.138. The lowest BCUT2D eigenvalue weighted by molar-refractivity contribution is -0.126. The van der Waals surface area contributed by atoms with Crippen LogP contribution in [0.3, 0.4) is 0 Å². The highest BCUT2D eigenvalue weighted by atomic mass is 16.6. The molecule has 1 unspecified atom stereocenters. The highest BCUT2D eigenvalue weighted by Crippen LogP contribution is 2.16. The van der Waals surface area contributed by atoms with E-state index in [1.54, 1.807) is 20.8 Å². The van der Waals surface area contributed by atoms with Gasteiger partial charge in [-0.25, -0.2) is 9.69 Å². The molecule has 0 aliphatic carbocycles. The lowest BCUT2D eigenvalue weighted by atomic mass is 10.2. The predicted octanol–water partition coefficient (Wildman–Crippen LogP) is 0.658. The van der Waals surface area contributed by atoms with Gasteiger partial charge in [0.2, 0.25) is 11.8 Å².